The van der Waals surface area contributed by atoms with Crippen LogP contribution in [0, 0.1) is 5.82 Å². The topological polar surface area (TPSA) is 61.8 Å². The monoisotopic (exact) mass is 278 g/mol. The van der Waals surface area contributed by atoms with Crippen LogP contribution in [0.2, 0.25) is 0 Å². The van der Waals surface area contributed by atoms with E-state index in [9.17, 15) is 14.0 Å². The molecule has 0 heterocycles. The third kappa shape index (κ3) is 4.77. The van der Waals surface area contributed by atoms with Gasteiger partial charge in [0.2, 0.25) is 0 Å². The molecule has 0 aliphatic carbocycles. The zero-order valence-corrected chi connectivity index (χ0v) is 10.4. The van der Waals surface area contributed by atoms with E-state index < -0.39 is 17.8 Å². The van der Waals surface area contributed by atoms with Gasteiger partial charge in [-0.3, -0.25) is 0 Å². The van der Waals surface area contributed by atoms with E-state index in [-0.39, 0.29) is 11.5 Å². The summed E-state index contributed by atoms with van der Waals surface area (Å²) in [6.45, 7) is 6.40. The lowest BCUT2D eigenvalue weighted by atomic mass is 10.3. The van der Waals surface area contributed by atoms with Crippen LogP contribution in [0.15, 0.2) is 56.0 Å². The second kappa shape index (κ2) is 7.52. The molecule has 0 fully saturated rings. The number of rotatable bonds is 6. The van der Waals surface area contributed by atoms with E-state index in [0.717, 1.165) is 30.7 Å². The average Bonchev–Trinajstić information content (AvgIpc) is 2.45. The number of carbonyl (C=O) groups excluding carboxylic acids is 2. The Morgan fingerprint density at radius 3 is 2.40 bits per heavy atom. The summed E-state index contributed by atoms with van der Waals surface area (Å²) in [4.78, 5) is 21.6. The van der Waals surface area contributed by atoms with Crippen molar-refractivity contribution in [2.24, 2.45) is 0 Å². The molecular formula is C14H11FO5. The SMILES string of the molecule is C=CC(=O)OC=COc1ccc(OC(=O)C=C)c(F)c1. The van der Waals surface area contributed by atoms with Crippen molar-refractivity contribution in [2.45, 2.75) is 0 Å². The van der Waals surface area contributed by atoms with Gasteiger partial charge in [-0.15, -0.1) is 0 Å². The van der Waals surface area contributed by atoms with Gasteiger partial charge in [0.05, 0.1) is 0 Å². The van der Waals surface area contributed by atoms with Crippen molar-refractivity contribution in [1.29, 1.82) is 0 Å². The molecule has 0 bridgehead atoms. The van der Waals surface area contributed by atoms with Crippen molar-refractivity contribution in [3.63, 3.8) is 0 Å². The molecule has 0 aliphatic heterocycles. The van der Waals surface area contributed by atoms with E-state index >= 15 is 0 Å². The van der Waals surface area contributed by atoms with Crippen molar-refractivity contribution in [3.8, 4) is 11.5 Å². The van der Waals surface area contributed by atoms with Crippen molar-refractivity contribution in [2.75, 3.05) is 0 Å². The van der Waals surface area contributed by atoms with Crippen molar-refractivity contribution in [3.05, 3.63) is 61.9 Å². The molecule has 0 radical (unpaired) electrons. The van der Waals surface area contributed by atoms with Gasteiger partial charge in [0.25, 0.3) is 0 Å². The van der Waals surface area contributed by atoms with Crippen LogP contribution in [0.3, 0.4) is 0 Å². The molecule has 0 saturated carbocycles. The number of hydrogen-bond donors (Lipinski definition) is 0. The first-order valence-electron chi connectivity index (χ1n) is 5.35. The van der Waals surface area contributed by atoms with Gasteiger partial charge in [-0.05, 0) is 12.1 Å². The molecule has 6 heteroatoms. The summed E-state index contributed by atoms with van der Waals surface area (Å²) in [6, 6.07) is 3.59. The molecule has 0 saturated heterocycles. The number of benzene rings is 1. The predicted octanol–water partition coefficient (Wildman–Crippen LogP) is 2.50. The first kappa shape index (κ1) is 15.2. The Kier molecular flexibility index (Phi) is 5.71. The maximum Gasteiger partial charge on any atom is 0.335 e. The summed E-state index contributed by atoms with van der Waals surface area (Å²) in [5.41, 5.74) is 0. The van der Waals surface area contributed by atoms with E-state index in [0.29, 0.717) is 0 Å². The Labute approximate surface area is 114 Å². The Morgan fingerprint density at radius 2 is 1.80 bits per heavy atom. The molecule has 5 nitrogen and oxygen atoms in total. The van der Waals surface area contributed by atoms with Crippen LogP contribution in [-0.2, 0) is 14.3 Å². The summed E-state index contributed by atoms with van der Waals surface area (Å²) in [7, 11) is 0. The van der Waals surface area contributed by atoms with Crippen LogP contribution in [0.1, 0.15) is 0 Å². The zero-order chi connectivity index (χ0) is 15.0. The van der Waals surface area contributed by atoms with Crippen LogP contribution < -0.4 is 9.47 Å². The van der Waals surface area contributed by atoms with E-state index in [1.54, 1.807) is 0 Å². The standard InChI is InChI=1S/C14H11FO5/c1-3-13(16)19-8-7-18-10-5-6-12(11(15)9-10)20-14(17)4-2/h3-9H,1-2H2. The lowest BCUT2D eigenvalue weighted by Crippen LogP contribution is -2.04. The highest BCUT2D eigenvalue weighted by molar-refractivity contribution is 5.83. The van der Waals surface area contributed by atoms with Crippen molar-refractivity contribution < 1.29 is 28.2 Å². The molecule has 1 rings (SSSR count). The number of halogens is 1. The number of carbonyl (C=O) groups is 2. The fourth-order valence-electron chi connectivity index (χ4n) is 1.04. The smallest absolute Gasteiger partial charge is 0.335 e. The van der Waals surface area contributed by atoms with Crippen molar-refractivity contribution >= 4 is 11.9 Å². The minimum absolute atomic E-state index is 0.131. The maximum atomic E-state index is 13.5. The molecule has 0 aliphatic rings. The van der Waals surface area contributed by atoms with Crippen LogP contribution in [0.5, 0.6) is 11.5 Å². The largest absolute Gasteiger partial charge is 0.462 e. The lowest BCUT2D eigenvalue weighted by molar-refractivity contribution is -0.132. The van der Waals surface area contributed by atoms with Gasteiger partial charge in [0.15, 0.2) is 11.6 Å². The first-order valence-corrected chi connectivity index (χ1v) is 5.35. The molecule has 0 unspecified atom stereocenters. The summed E-state index contributed by atoms with van der Waals surface area (Å²) < 4.78 is 27.6. The normalized spacial score (nSPS) is 9.85. The Morgan fingerprint density at radius 1 is 1.10 bits per heavy atom. The molecule has 1 aromatic carbocycles. The molecule has 0 aromatic heterocycles. The summed E-state index contributed by atoms with van der Waals surface area (Å²) in [5, 5.41) is 0. The highest BCUT2D eigenvalue weighted by Crippen LogP contribution is 2.23. The number of esters is 2. The third-order valence-electron chi connectivity index (χ3n) is 1.89. The molecular weight excluding hydrogens is 267 g/mol. The minimum Gasteiger partial charge on any atom is -0.462 e. The van der Waals surface area contributed by atoms with Crippen LogP contribution in [-0.4, -0.2) is 11.9 Å². The number of hydrogen-bond acceptors (Lipinski definition) is 5. The van der Waals surface area contributed by atoms with E-state index in [2.05, 4.69) is 22.6 Å². The maximum absolute atomic E-state index is 13.5. The quantitative estimate of drug-likeness (QED) is 0.346. The van der Waals surface area contributed by atoms with Crippen LogP contribution >= 0.6 is 0 Å². The van der Waals surface area contributed by atoms with Crippen LogP contribution in [0.4, 0.5) is 4.39 Å². The molecule has 0 atom stereocenters. The van der Waals surface area contributed by atoms with Gasteiger partial charge >= 0.3 is 11.9 Å². The highest BCUT2D eigenvalue weighted by Gasteiger charge is 2.08. The van der Waals surface area contributed by atoms with Crippen LogP contribution in [0.25, 0.3) is 0 Å². The summed E-state index contributed by atoms with van der Waals surface area (Å²) in [6.07, 6.45) is 3.92. The molecule has 0 amide bonds. The van der Waals surface area contributed by atoms with E-state index in [1.165, 1.54) is 12.1 Å². The van der Waals surface area contributed by atoms with Gasteiger partial charge in [-0.2, -0.15) is 0 Å². The highest BCUT2D eigenvalue weighted by atomic mass is 19.1. The van der Waals surface area contributed by atoms with E-state index in [4.69, 9.17) is 4.74 Å². The average molecular weight is 278 g/mol. The zero-order valence-electron chi connectivity index (χ0n) is 10.4. The minimum atomic E-state index is -0.783. The first-order chi connectivity index (χ1) is 9.56. The van der Waals surface area contributed by atoms with Gasteiger partial charge in [-0.1, -0.05) is 13.2 Å². The second-order valence-electron chi connectivity index (χ2n) is 3.25. The molecule has 0 N–H and O–H groups in total. The second-order valence-corrected chi connectivity index (χ2v) is 3.25. The van der Waals surface area contributed by atoms with Gasteiger partial charge in [0.1, 0.15) is 18.3 Å². The molecule has 104 valence electrons. The van der Waals surface area contributed by atoms with E-state index in [1.807, 2.05) is 0 Å². The summed E-state index contributed by atoms with van der Waals surface area (Å²) >= 11 is 0. The lowest BCUT2D eigenvalue weighted by Gasteiger charge is -2.05. The number of ether oxygens (including phenoxy) is 3. The summed E-state index contributed by atoms with van der Waals surface area (Å²) in [5.74, 6) is -2.32. The van der Waals surface area contributed by atoms with Gasteiger partial charge < -0.3 is 14.2 Å². The molecule has 1 aromatic rings. The Hall–Kier alpha value is -2.89. The van der Waals surface area contributed by atoms with Crippen molar-refractivity contribution in [1.82, 2.24) is 0 Å². The van der Waals surface area contributed by atoms with Gasteiger partial charge in [-0.25, -0.2) is 14.0 Å². The third-order valence-corrected chi connectivity index (χ3v) is 1.89. The fourth-order valence-corrected chi connectivity index (χ4v) is 1.04. The Balaban J connectivity index is 2.63. The van der Waals surface area contributed by atoms with Gasteiger partial charge in [0, 0.05) is 18.2 Å². The fraction of sp³-hybridized carbons (Fsp3) is 0. The molecule has 20 heavy (non-hydrogen) atoms. The Bertz CT molecular complexity index is 563. The molecule has 0 spiro atoms. The predicted molar refractivity (Wildman–Crippen MR) is 68.3 cm³/mol.